The lowest BCUT2D eigenvalue weighted by Gasteiger charge is -2.17. The predicted octanol–water partition coefficient (Wildman–Crippen LogP) is -0.295. The van der Waals surface area contributed by atoms with Gasteiger partial charge in [0, 0.05) is 6.20 Å². The maximum Gasteiger partial charge on any atom is 0.164 e. The van der Waals surface area contributed by atoms with Crippen LogP contribution < -0.4 is 0 Å². The van der Waals surface area contributed by atoms with Crippen molar-refractivity contribution in [3.8, 4) is 0 Å². The maximum absolute atomic E-state index is 10.00. The van der Waals surface area contributed by atoms with Gasteiger partial charge in [-0.05, 0) is 6.07 Å². The first kappa shape index (κ1) is 12.7. The van der Waals surface area contributed by atoms with Gasteiger partial charge in [0.2, 0.25) is 0 Å². The summed E-state index contributed by atoms with van der Waals surface area (Å²) in [7, 11) is 0. The van der Waals surface area contributed by atoms with Gasteiger partial charge in [0.05, 0.1) is 18.3 Å². The summed E-state index contributed by atoms with van der Waals surface area (Å²) in [6, 6.07) is 1.76. The van der Waals surface area contributed by atoms with Crippen LogP contribution in [0.3, 0.4) is 0 Å². The molecule has 0 aromatic carbocycles. The van der Waals surface area contributed by atoms with E-state index in [4.69, 9.17) is 22.1 Å². The highest BCUT2D eigenvalue weighted by Crippen LogP contribution is 2.31. The number of rotatable bonds is 2. The maximum atomic E-state index is 10.00. The lowest BCUT2D eigenvalue weighted by Crippen LogP contribution is -2.33. The molecule has 2 aromatic rings. The molecule has 7 nitrogen and oxygen atoms in total. The second-order valence-corrected chi connectivity index (χ2v) is 4.81. The van der Waals surface area contributed by atoms with Gasteiger partial charge in [0.25, 0.3) is 0 Å². The van der Waals surface area contributed by atoms with Gasteiger partial charge in [-0.1, -0.05) is 12.2 Å². The van der Waals surface area contributed by atoms with Crippen molar-refractivity contribution in [2.24, 2.45) is 0 Å². The fourth-order valence-electron chi connectivity index (χ4n) is 2.32. The van der Waals surface area contributed by atoms with E-state index >= 15 is 0 Å². The van der Waals surface area contributed by atoms with E-state index in [-0.39, 0.29) is 6.61 Å². The van der Waals surface area contributed by atoms with Crippen molar-refractivity contribution < 1.29 is 20.1 Å². The van der Waals surface area contributed by atoms with Gasteiger partial charge in [-0.15, -0.1) is 0 Å². The van der Waals surface area contributed by atoms with Crippen molar-refractivity contribution in [2.75, 3.05) is 6.61 Å². The largest absolute Gasteiger partial charge is 0.394 e. The van der Waals surface area contributed by atoms with E-state index in [0.29, 0.717) is 10.3 Å². The Hall–Kier alpha value is -1.32. The third-order valence-corrected chi connectivity index (χ3v) is 3.65. The minimum absolute atomic E-state index is 0.356. The van der Waals surface area contributed by atoms with E-state index in [1.807, 2.05) is 0 Å². The van der Waals surface area contributed by atoms with Crippen LogP contribution in [0.1, 0.15) is 6.23 Å². The summed E-state index contributed by atoms with van der Waals surface area (Å²) in [5.74, 6) is 0. The van der Waals surface area contributed by atoms with Crippen LogP contribution in [0.4, 0.5) is 0 Å². The van der Waals surface area contributed by atoms with Gasteiger partial charge in [-0.25, -0.2) is 4.98 Å². The topological polar surface area (TPSA) is 104 Å². The summed E-state index contributed by atoms with van der Waals surface area (Å²) < 4.78 is 7.55. The van der Waals surface area contributed by atoms with E-state index in [0.717, 1.165) is 5.39 Å². The Balaban J connectivity index is 2.06. The zero-order valence-electron chi connectivity index (χ0n) is 9.80. The second kappa shape index (κ2) is 4.66. The Morgan fingerprint density at radius 3 is 2.89 bits per heavy atom. The van der Waals surface area contributed by atoms with Crippen molar-refractivity contribution in [1.29, 1.82) is 0 Å². The number of nitrogens with one attached hydrogen (secondary N) is 1. The average Bonchev–Trinajstić information content (AvgIpc) is 2.94. The molecule has 1 aliphatic heterocycles. The monoisotopic (exact) mass is 283 g/mol. The standard InChI is InChI=1S/C11H13N3O4S/c15-3-6-7(16)8(17)11(18-6)14-2-1-5-9(14)12-4-13-10(5)19/h1-2,4,6-8,11,15-17H,3H2,(H,12,13,19)/t6-,7+,8+,11+/m0/s1. The zero-order valence-corrected chi connectivity index (χ0v) is 10.6. The molecule has 0 saturated carbocycles. The number of aliphatic hydroxyl groups excluding tert-OH is 3. The molecule has 102 valence electrons. The first-order chi connectivity index (χ1) is 9.13. The minimum Gasteiger partial charge on any atom is -0.394 e. The number of nitrogens with zero attached hydrogens (tertiary/aromatic N) is 2. The van der Waals surface area contributed by atoms with Crippen LogP contribution in [-0.4, -0.2) is 54.8 Å². The molecule has 1 aliphatic rings. The van der Waals surface area contributed by atoms with Crippen LogP contribution in [0.15, 0.2) is 18.6 Å². The Morgan fingerprint density at radius 2 is 2.21 bits per heavy atom. The van der Waals surface area contributed by atoms with E-state index in [2.05, 4.69) is 9.97 Å². The smallest absolute Gasteiger partial charge is 0.164 e. The van der Waals surface area contributed by atoms with Gasteiger partial charge in [0.15, 0.2) is 6.23 Å². The molecule has 3 heterocycles. The number of ether oxygens (including phenoxy) is 1. The number of hydrogen-bond acceptors (Lipinski definition) is 6. The first-order valence-corrected chi connectivity index (χ1v) is 6.21. The number of aromatic nitrogens is 3. The Bertz CT molecular complexity index is 655. The summed E-state index contributed by atoms with van der Waals surface area (Å²) in [5, 5.41) is 29.6. The minimum atomic E-state index is -1.13. The van der Waals surface area contributed by atoms with Gasteiger partial charge in [-0.2, -0.15) is 0 Å². The number of aromatic amines is 1. The van der Waals surface area contributed by atoms with Crippen LogP contribution in [0, 0.1) is 4.64 Å². The first-order valence-electron chi connectivity index (χ1n) is 5.80. The molecule has 0 unspecified atom stereocenters. The molecule has 0 radical (unpaired) electrons. The highest BCUT2D eigenvalue weighted by molar-refractivity contribution is 7.71. The predicted molar refractivity (Wildman–Crippen MR) is 67.9 cm³/mol. The molecule has 4 N–H and O–H groups in total. The van der Waals surface area contributed by atoms with Gasteiger partial charge in [-0.3, -0.25) is 0 Å². The summed E-state index contributed by atoms with van der Waals surface area (Å²) in [6.45, 7) is -0.356. The molecule has 0 bridgehead atoms. The molecule has 4 atom stereocenters. The average molecular weight is 283 g/mol. The fraction of sp³-hybridized carbons (Fsp3) is 0.455. The Kier molecular flexibility index (Phi) is 3.11. The molecule has 0 spiro atoms. The van der Waals surface area contributed by atoms with E-state index in [1.54, 1.807) is 16.8 Å². The van der Waals surface area contributed by atoms with E-state index in [1.165, 1.54) is 6.33 Å². The van der Waals surface area contributed by atoms with Crippen LogP contribution in [-0.2, 0) is 4.74 Å². The van der Waals surface area contributed by atoms with Gasteiger partial charge in [0.1, 0.15) is 28.6 Å². The summed E-state index contributed by atoms with van der Waals surface area (Å²) in [6.07, 6.45) is -0.679. The van der Waals surface area contributed by atoms with E-state index in [9.17, 15) is 10.2 Å². The van der Waals surface area contributed by atoms with Crippen LogP contribution in [0.25, 0.3) is 11.0 Å². The molecule has 0 amide bonds. The Morgan fingerprint density at radius 1 is 1.42 bits per heavy atom. The molecule has 1 saturated heterocycles. The number of H-pyrrole nitrogens is 1. The van der Waals surface area contributed by atoms with Crippen molar-refractivity contribution in [3.05, 3.63) is 23.2 Å². The lowest BCUT2D eigenvalue weighted by molar-refractivity contribution is -0.0508. The lowest BCUT2D eigenvalue weighted by atomic mass is 10.1. The highest BCUT2D eigenvalue weighted by Gasteiger charge is 2.43. The molecule has 0 aliphatic carbocycles. The van der Waals surface area contributed by atoms with Crippen LogP contribution in [0.5, 0.6) is 0 Å². The summed E-state index contributed by atoms with van der Waals surface area (Å²) >= 11 is 5.10. The normalized spacial score (nSPS) is 31.1. The van der Waals surface area contributed by atoms with Crippen molar-refractivity contribution in [1.82, 2.24) is 14.5 Å². The van der Waals surface area contributed by atoms with Crippen molar-refractivity contribution in [3.63, 3.8) is 0 Å². The molecule has 3 rings (SSSR count). The molecule has 1 fully saturated rings. The molecule has 2 aromatic heterocycles. The Labute approximate surface area is 113 Å². The summed E-state index contributed by atoms with van der Waals surface area (Å²) in [5.41, 5.74) is 0.648. The SMILES string of the molecule is OC[C@@H]1O[C@@H](n2ccc3c(=S)nc[nH]c32)[C@H](O)[C@@H]1O. The quantitative estimate of drug-likeness (QED) is 0.565. The number of fused-ring (bicyclic) bond motifs is 1. The molecule has 8 heteroatoms. The third kappa shape index (κ3) is 1.88. The van der Waals surface area contributed by atoms with Crippen molar-refractivity contribution in [2.45, 2.75) is 24.5 Å². The van der Waals surface area contributed by atoms with E-state index < -0.39 is 24.5 Å². The zero-order chi connectivity index (χ0) is 13.6. The number of hydrogen-bond donors (Lipinski definition) is 4. The second-order valence-electron chi connectivity index (χ2n) is 4.42. The molecular weight excluding hydrogens is 270 g/mol. The molecule has 19 heavy (non-hydrogen) atoms. The van der Waals surface area contributed by atoms with Crippen LogP contribution in [0.2, 0.25) is 0 Å². The highest BCUT2D eigenvalue weighted by atomic mass is 32.1. The third-order valence-electron chi connectivity index (χ3n) is 3.32. The fourth-order valence-corrected chi connectivity index (χ4v) is 2.53. The number of aliphatic hydroxyl groups is 3. The molecular formula is C11H13N3O4S. The summed E-state index contributed by atoms with van der Waals surface area (Å²) in [4.78, 5) is 6.90. The van der Waals surface area contributed by atoms with Crippen LogP contribution >= 0.6 is 12.2 Å². The van der Waals surface area contributed by atoms with Gasteiger partial charge < -0.3 is 29.6 Å². The van der Waals surface area contributed by atoms with Crippen molar-refractivity contribution >= 4 is 23.3 Å². The van der Waals surface area contributed by atoms with Gasteiger partial charge >= 0.3 is 0 Å².